The van der Waals surface area contributed by atoms with Gasteiger partial charge in [-0.15, -0.1) is 0 Å². The Balaban J connectivity index is 1.40. The minimum Gasteiger partial charge on any atom is -0.332 e. The van der Waals surface area contributed by atoms with Crippen molar-refractivity contribution in [1.29, 1.82) is 0 Å². The van der Waals surface area contributed by atoms with E-state index in [-0.39, 0.29) is 17.2 Å². The van der Waals surface area contributed by atoms with E-state index in [9.17, 15) is 9.59 Å². The smallest absolute Gasteiger partial charge is 0.295 e. The van der Waals surface area contributed by atoms with E-state index in [2.05, 4.69) is 10.3 Å². The minimum absolute atomic E-state index is 0.269. The molecule has 0 aliphatic heterocycles. The molecule has 0 bridgehead atoms. The Morgan fingerprint density at radius 2 is 1.49 bits per heavy atom. The molecule has 1 unspecified atom stereocenters. The Labute approximate surface area is 219 Å². The maximum absolute atomic E-state index is 13.2. The van der Waals surface area contributed by atoms with Crippen LogP contribution in [0.3, 0.4) is 0 Å². The van der Waals surface area contributed by atoms with E-state index < -0.39 is 5.25 Å². The van der Waals surface area contributed by atoms with Gasteiger partial charge >= 0.3 is 0 Å². The van der Waals surface area contributed by atoms with Crippen molar-refractivity contribution in [3.8, 4) is 28.2 Å². The predicted octanol–water partition coefficient (Wildman–Crippen LogP) is 5.66. The number of rotatable bonds is 7. The number of hydrogen-bond donors (Lipinski definition) is 2. The Bertz CT molecular complexity index is 1530. The summed E-state index contributed by atoms with van der Waals surface area (Å²) >= 11 is 1.32. The third kappa shape index (κ3) is 4.88. The van der Waals surface area contributed by atoms with Crippen LogP contribution in [0.2, 0.25) is 0 Å². The Kier molecular flexibility index (Phi) is 6.83. The molecule has 7 nitrogen and oxygen atoms in total. The number of carbonyl (C=O) groups excluding carboxylic acids is 1. The molecule has 1 atom stereocenters. The molecule has 186 valence electrons. The van der Waals surface area contributed by atoms with Crippen molar-refractivity contribution < 1.29 is 4.79 Å². The number of nitrogens with zero attached hydrogens (tertiary/aromatic N) is 3. The summed E-state index contributed by atoms with van der Waals surface area (Å²) in [6.07, 6.45) is 0. The minimum atomic E-state index is -0.498. The fourth-order valence-corrected chi connectivity index (χ4v) is 4.99. The normalized spacial score (nSPS) is 11.9. The molecule has 0 fully saturated rings. The van der Waals surface area contributed by atoms with Gasteiger partial charge in [0.15, 0.2) is 5.16 Å². The van der Waals surface area contributed by atoms with Gasteiger partial charge in [-0.2, -0.15) is 0 Å². The monoisotopic (exact) mass is 509 g/mol. The van der Waals surface area contributed by atoms with Crippen LogP contribution in [-0.4, -0.2) is 30.5 Å². The molecule has 5 rings (SSSR count). The molecule has 37 heavy (non-hydrogen) atoms. The number of carbonyl (C=O) groups is 1. The van der Waals surface area contributed by atoms with E-state index in [1.165, 1.54) is 11.8 Å². The van der Waals surface area contributed by atoms with E-state index >= 15 is 0 Å². The van der Waals surface area contributed by atoms with Crippen LogP contribution in [0.25, 0.3) is 28.2 Å². The highest BCUT2D eigenvalue weighted by molar-refractivity contribution is 8.00. The van der Waals surface area contributed by atoms with Gasteiger partial charge in [0.25, 0.3) is 5.56 Å². The Hall–Kier alpha value is -4.30. The molecule has 5 aromatic rings. The number of hydrogen-bond acceptors (Lipinski definition) is 4. The van der Waals surface area contributed by atoms with Crippen LogP contribution in [0.1, 0.15) is 12.6 Å². The quantitative estimate of drug-likeness (QED) is 0.277. The summed E-state index contributed by atoms with van der Waals surface area (Å²) < 4.78 is 3.30. The zero-order chi connectivity index (χ0) is 25.9. The molecule has 2 N–H and O–H groups in total. The lowest BCUT2D eigenvalue weighted by atomic mass is 10.1. The number of anilines is 1. The second-order valence-electron chi connectivity index (χ2n) is 8.68. The van der Waals surface area contributed by atoms with Crippen LogP contribution >= 0.6 is 11.8 Å². The van der Waals surface area contributed by atoms with Crippen LogP contribution in [0.4, 0.5) is 5.69 Å². The van der Waals surface area contributed by atoms with E-state index in [0.29, 0.717) is 10.9 Å². The van der Waals surface area contributed by atoms with Crippen LogP contribution in [0.15, 0.2) is 101 Å². The zero-order valence-corrected chi connectivity index (χ0v) is 21.6. The third-order valence-corrected chi connectivity index (χ3v) is 7.24. The first-order chi connectivity index (χ1) is 17.9. The number of thioether (sulfide) groups is 1. The maximum Gasteiger partial charge on any atom is 0.295 e. The largest absolute Gasteiger partial charge is 0.332 e. The zero-order valence-electron chi connectivity index (χ0n) is 20.8. The predicted molar refractivity (Wildman–Crippen MR) is 149 cm³/mol. The number of aromatic nitrogens is 4. The van der Waals surface area contributed by atoms with Crippen molar-refractivity contribution in [3.05, 3.63) is 107 Å². The molecular formula is C29H27N5O2S. The molecule has 8 heteroatoms. The van der Waals surface area contributed by atoms with Crippen molar-refractivity contribution in [2.75, 3.05) is 5.32 Å². The van der Waals surface area contributed by atoms with Crippen molar-refractivity contribution >= 4 is 23.4 Å². The van der Waals surface area contributed by atoms with Crippen LogP contribution < -0.4 is 10.9 Å². The fraction of sp³-hybridized carbons (Fsp3) is 0.138. The van der Waals surface area contributed by atoms with Crippen molar-refractivity contribution in [3.63, 3.8) is 0 Å². The van der Waals surface area contributed by atoms with Gasteiger partial charge in [0, 0.05) is 18.2 Å². The number of nitrogens with one attached hydrogen (secondary N) is 2. The molecule has 0 saturated carbocycles. The summed E-state index contributed by atoms with van der Waals surface area (Å²) in [4.78, 5) is 34.6. The Morgan fingerprint density at radius 3 is 2.11 bits per heavy atom. The number of H-pyrrole nitrogens is 1. The molecule has 1 amide bonds. The maximum atomic E-state index is 13.2. The molecule has 2 aromatic heterocycles. The van der Waals surface area contributed by atoms with Gasteiger partial charge < -0.3 is 10.3 Å². The molecule has 3 aromatic carbocycles. The number of aromatic amines is 1. The lowest BCUT2D eigenvalue weighted by molar-refractivity contribution is -0.115. The average molecular weight is 510 g/mol. The number of benzene rings is 3. The molecule has 0 aliphatic carbocycles. The highest BCUT2D eigenvalue weighted by Gasteiger charge is 2.23. The lowest BCUT2D eigenvalue weighted by Crippen LogP contribution is -2.27. The van der Waals surface area contributed by atoms with Gasteiger partial charge in [0.1, 0.15) is 5.69 Å². The molecule has 0 spiro atoms. The molecule has 0 saturated heterocycles. The summed E-state index contributed by atoms with van der Waals surface area (Å²) in [5, 5.41) is 2.99. The average Bonchev–Trinajstić information content (AvgIpc) is 3.44. The summed E-state index contributed by atoms with van der Waals surface area (Å²) in [5.41, 5.74) is 5.14. The SMILES string of the molecule is Cc1c(NC(=O)C(C)Sc2nc(-c3ccccc3)c(-c3ccccc3)[nH]2)c(=O)n(-c2ccccc2)n1C. The van der Waals surface area contributed by atoms with Crippen LogP contribution in [-0.2, 0) is 11.8 Å². The first-order valence-electron chi connectivity index (χ1n) is 12.0. The third-order valence-electron chi connectivity index (χ3n) is 6.25. The summed E-state index contributed by atoms with van der Waals surface area (Å²) in [5.74, 6) is -0.269. The van der Waals surface area contributed by atoms with Crippen molar-refractivity contribution in [2.45, 2.75) is 24.3 Å². The van der Waals surface area contributed by atoms with E-state index in [1.807, 2.05) is 97.9 Å². The van der Waals surface area contributed by atoms with E-state index in [4.69, 9.17) is 4.98 Å². The highest BCUT2D eigenvalue weighted by atomic mass is 32.2. The van der Waals surface area contributed by atoms with Gasteiger partial charge in [0.05, 0.1) is 28.0 Å². The first-order valence-corrected chi connectivity index (χ1v) is 12.8. The van der Waals surface area contributed by atoms with Crippen LogP contribution in [0.5, 0.6) is 0 Å². The van der Waals surface area contributed by atoms with Crippen molar-refractivity contribution in [2.24, 2.45) is 7.05 Å². The number of amides is 1. The fourth-order valence-electron chi connectivity index (χ4n) is 4.18. The van der Waals surface area contributed by atoms with Gasteiger partial charge in [-0.1, -0.05) is 90.6 Å². The van der Waals surface area contributed by atoms with Gasteiger partial charge in [0.2, 0.25) is 5.91 Å². The summed E-state index contributed by atoms with van der Waals surface area (Å²) in [7, 11) is 1.80. The molecule has 0 radical (unpaired) electrons. The van der Waals surface area contributed by atoms with Gasteiger partial charge in [-0.3, -0.25) is 14.3 Å². The highest BCUT2D eigenvalue weighted by Crippen LogP contribution is 2.34. The van der Waals surface area contributed by atoms with Gasteiger partial charge in [-0.25, -0.2) is 9.67 Å². The molecule has 2 heterocycles. The van der Waals surface area contributed by atoms with E-state index in [0.717, 1.165) is 28.2 Å². The number of para-hydroxylation sites is 1. The summed E-state index contributed by atoms with van der Waals surface area (Å²) in [6.45, 7) is 3.62. The van der Waals surface area contributed by atoms with E-state index in [1.54, 1.807) is 23.3 Å². The number of imidazole rings is 1. The standard InChI is InChI=1S/C29H27N5O2S/c1-19-24(28(36)34(33(19)3)23-17-11-6-12-18-23)30-27(35)20(2)37-29-31-25(21-13-7-4-8-14-21)26(32-29)22-15-9-5-10-16-22/h4-18,20H,1-3H3,(H,30,35)(H,31,32). The molecule has 0 aliphatic rings. The van der Waals surface area contributed by atoms with Gasteiger partial charge in [-0.05, 0) is 26.0 Å². The van der Waals surface area contributed by atoms with Crippen molar-refractivity contribution in [1.82, 2.24) is 19.3 Å². The van der Waals surface area contributed by atoms with Crippen LogP contribution in [0, 0.1) is 6.92 Å². The first kappa shape index (κ1) is 24.4. The molecular weight excluding hydrogens is 482 g/mol. The lowest BCUT2D eigenvalue weighted by Gasteiger charge is -2.09. The Morgan fingerprint density at radius 1 is 0.919 bits per heavy atom. The topological polar surface area (TPSA) is 84.7 Å². The second kappa shape index (κ2) is 10.4. The second-order valence-corrected chi connectivity index (χ2v) is 10.0. The summed E-state index contributed by atoms with van der Waals surface area (Å²) in [6, 6.07) is 29.3.